The minimum absolute atomic E-state index is 0.00973. The molecule has 0 atom stereocenters. The van der Waals surface area contributed by atoms with Gasteiger partial charge in [-0.05, 0) is 130 Å². The molecular weight excluding hydrogens is 1200 g/mol. The minimum atomic E-state index is -0.406. The number of ether oxygens (including phenoxy) is 1. The summed E-state index contributed by atoms with van der Waals surface area (Å²) in [5.41, 5.74) is 23.2. The van der Waals surface area contributed by atoms with Gasteiger partial charge in [0, 0.05) is 78.3 Å². The molecule has 0 saturated carbocycles. The zero-order valence-corrected chi connectivity index (χ0v) is 52.9. The van der Waals surface area contributed by atoms with E-state index in [-0.39, 0.29) is 13.3 Å². The van der Waals surface area contributed by atoms with Gasteiger partial charge in [-0.15, -0.1) is 0 Å². The number of nitrogens with zero attached hydrogens (tertiary/aromatic N) is 8. The lowest BCUT2D eigenvalue weighted by atomic mass is 9.33. The van der Waals surface area contributed by atoms with Crippen LogP contribution in [0.5, 0.6) is 0 Å². The van der Waals surface area contributed by atoms with Crippen molar-refractivity contribution >= 4 is 85.0 Å². The fourth-order valence-corrected chi connectivity index (χ4v) is 14.2. The first-order valence-corrected chi connectivity index (χ1v) is 32.9. The summed E-state index contributed by atoms with van der Waals surface area (Å²) in [4.78, 5) is 45.8. The number of carbonyl (C=O) groups is 1. The van der Waals surface area contributed by atoms with E-state index >= 15 is 0 Å². The first-order valence-electron chi connectivity index (χ1n) is 32.9. The Bertz CT molecular complexity index is 5550. The van der Waals surface area contributed by atoms with Gasteiger partial charge in [-0.3, -0.25) is 0 Å². The number of anilines is 6. The number of para-hydroxylation sites is 5. The molecule has 0 bridgehead atoms. The van der Waals surface area contributed by atoms with Gasteiger partial charge in [0.15, 0.2) is 23.3 Å². The Morgan fingerprint density at radius 3 is 1.38 bits per heavy atom. The summed E-state index contributed by atoms with van der Waals surface area (Å²) in [7, 11) is 0. The van der Waals surface area contributed by atoms with Gasteiger partial charge in [0.1, 0.15) is 6.61 Å². The predicted octanol–water partition coefficient (Wildman–Crippen LogP) is 18.9. The van der Waals surface area contributed by atoms with Gasteiger partial charge in [-0.2, -0.15) is 0 Å². The minimum Gasteiger partial charge on any atom is -0.457 e. The first kappa shape index (κ1) is 57.5. The quantitative estimate of drug-likeness (QED) is 0.0825. The van der Waals surface area contributed by atoms with Gasteiger partial charge in [0.25, 0.3) is 6.71 Å². The largest absolute Gasteiger partial charge is 0.457 e. The summed E-state index contributed by atoms with van der Waals surface area (Å²) in [5.74, 6) is 1.57. The fraction of sp³-hybridized carbons (Fsp3) is 0.0115. The molecule has 5 heterocycles. The Morgan fingerprint density at radius 1 is 0.327 bits per heavy atom. The van der Waals surface area contributed by atoms with Crippen LogP contribution >= 0.6 is 0 Å². The van der Waals surface area contributed by atoms with Crippen LogP contribution in [0.3, 0.4) is 0 Å². The molecule has 0 N–H and O–H groups in total. The van der Waals surface area contributed by atoms with Crippen LogP contribution in [0.15, 0.2) is 334 Å². The monoisotopic (exact) mass is 1260 g/mol. The van der Waals surface area contributed by atoms with Crippen LogP contribution in [0, 0.1) is 0 Å². The summed E-state index contributed by atoms with van der Waals surface area (Å²) < 4.78 is 8.15. The van der Waals surface area contributed by atoms with Crippen LogP contribution in [-0.4, -0.2) is 42.2 Å². The summed E-state index contributed by atoms with van der Waals surface area (Å²) in [6.07, 6.45) is 0. The van der Waals surface area contributed by atoms with Crippen molar-refractivity contribution in [2.24, 2.45) is 0 Å². The summed E-state index contributed by atoms with van der Waals surface area (Å²) in [5, 5.41) is 1.84. The van der Waals surface area contributed by atoms with Crippen LogP contribution in [0.2, 0.25) is 0 Å². The second kappa shape index (κ2) is 24.3. The van der Waals surface area contributed by atoms with Crippen molar-refractivity contribution in [1.29, 1.82) is 0 Å². The van der Waals surface area contributed by atoms with Gasteiger partial charge >= 0.3 is 5.97 Å². The van der Waals surface area contributed by atoms with E-state index in [1.807, 2.05) is 127 Å². The maximum atomic E-state index is 13.9. The number of hydrogen-bond donors (Lipinski definition) is 0. The zero-order valence-electron chi connectivity index (χ0n) is 52.9. The van der Waals surface area contributed by atoms with Crippen molar-refractivity contribution in [3.63, 3.8) is 0 Å². The van der Waals surface area contributed by atoms with Gasteiger partial charge in [0.05, 0.1) is 33.7 Å². The van der Waals surface area contributed by atoms with E-state index in [0.717, 1.165) is 118 Å². The smallest absolute Gasteiger partial charge is 0.338 e. The van der Waals surface area contributed by atoms with Crippen LogP contribution in [-0.2, 0) is 11.3 Å². The van der Waals surface area contributed by atoms with Gasteiger partial charge in [-0.1, -0.05) is 237 Å². The second-order valence-electron chi connectivity index (χ2n) is 24.6. The first-order chi connectivity index (χ1) is 48.5. The maximum Gasteiger partial charge on any atom is 0.338 e. The molecule has 98 heavy (non-hydrogen) atoms. The highest BCUT2D eigenvalue weighted by Gasteiger charge is 2.43. The lowest BCUT2D eigenvalue weighted by molar-refractivity contribution is 0.0473. The highest BCUT2D eigenvalue weighted by molar-refractivity contribution is 7.00. The van der Waals surface area contributed by atoms with Crippen LogP contribution in [0.1, 0.15) is 15.9 Å². The van der Waals surface area contributed by atoms with Crippen LogP contribution in [0.4, 0.5) is 34.1 Å². The molecule has 11 heteroatoms. The molecular formula is C87H57BN8O2. The standard InChI is InChI=1S/C87H57BN8O2/c97-87(98-56-57-25-7-1-8-26-57)64-48-50-76-69(52-64)68-37-19-22-40-75(68)96(76)77-49-47-63(85-89-73(59-27-9-2-10-28-59)55-74(90-85)60-29-11-3-12-30-60)51-70(77)86-92-83(61-31-13-4-14-32-61)91-84(93-86)62-45-43-58(44-46-62)65-53-80-82-81(54-65)95(67-35-17-6-18-36-67)79-42-24-21-39-72(79)88(82)71-38-20-23-41-78(71)94(80)66-33-15-5-16-34-66/h1-55H,56H2. The average molecular weight is 1260 g/mol. The Labute approximate surface area is 566 Å². The third-order valence-electron chi connectivity index (χ3n) is 18.8. The molecule has 0 unspecified atom stereocenters. The Morgan fingerprint density at radius 2 is 0.786 bits per heavy atom. The highest BCUT2D eigenvalue weighted by atomic mass is 16.5. The normalized spacial score (nSPS) is 12.1. The second-order valence-corrected chi connectivity index (χ2v) is 24.6. The number of carbonyl (C=O) groups excluding carboxylic acids is 1. The highest BCUT2D eigenvalue weighted by Crippen LogP contribution is 2.47. The van der Waals surface area contributed by atoms with E-state index in [1.54, 1.807) is 0 Å². The van der Waals surface area contributed by atoms with Crippen molar-refractivity contribution in [2.45, 2.75) is 6.61 Å². The van der Waals surface area contributed by atoms with E-state index in [4.69, 9.17) is 29.7 Å². The number of hydrogen-bond acceptors (Lipinski definition) is 9. The Kier molecular flexibility index (Phi) is 14.3. The van der Waals surface area contributed by atoms with E-state index in [0.29, 0.717) is 34.4 Å². The van der Waals surface area contributed by atoms with E-state index < -0.39 is 5.97 Å². The van der Waals surface area contributed by atoms with Gasteiger partial charge < -0.3 is 19.1 Å². The molecule has 0 aliphatic carbocycles. The number of aromatic nitrogens is 6. The molecule has 0 spiro atoms. The number of rotatable bonds is 13. The Hall–Kier alpha value is -13.1. The van der Waals surface area contributed by atoms with Gasteiger partial charge in [0.2, 0.25) is 0 Å². The van der Waals surface area contributed by atoms with Crippen LogP contribution in [0.25, 0.3) is 107 Å². The fourth-order valence-electron chi connectivity index (χ4n) is 14.2. The molecule has 18 rings (SSSR count). The van der Waals surface area contributed by atoms with E-state index in [2.05, 4.69) is 221 Å². The number of esters is 1. The molecule has 0 radical (unpaired) electrons. The van der Waals surface area contributed by atoms with Crippen LogP contribution < -0.4 is 26.2 Å². The van der Waals surface area contributed by atoms with Crippen molar-refractivity contribution in [3.05, 3.63) is 345 Å². The molecule has 10 nitrogen and oxygen atoms in total. The van der Waals surface area contributed by atoms with E-state index in [1.165, 1.54) is 16.4 Å². The third-order valence-corrected chi connectivity index (χ3v) is 18.8. The molecule has 0 fully saturated rings. The predicted molar refractivity (Wildman–Crippen MR) is 397 cm³/mol. The van der Waals surface area contributed by atoms with Crippen molar-refractivity contribution in [1.82, 2.24) is 29.5 Å². The Balaban J connectivity index is 0.820. The molecule has 16 aromatic rings. The third kappa shape index (κ3) is 10.2. The maximum absolute atomic E-state index is 13.9. The molecule has 0 amide bonds. The number of benzene rings is 13. The average Bonchev–Trinajstić information content (AvgIpc) is 1.03. The van der Waals surface area contributed by atoms with Crippen molar-refractivity contribution < 1.29 is 9.53 Å². The van der Waals surface area contributed by atoms with Gasteiger partial charge in [-0.25, -0.2) is 29.7 Å². The topological polar surface area (TPSA) is 102 Å². The SMILES string of the molecule is O=C(OCc1ccccc1)c1ccc2c(c1)c1ccccc1n2-c1ccc(-c2nc(-c3ccccc3)cc(-c3ccccc3)n2)cc1-c1nc(-c2ccccc2)nc(-c2ccc(-c3cc4c5c(c3)N(c3ccccc3)c3ccccc3B5c3ccccc3N4c3ccccc3)cc2)n1. The molecule has 3 aromatic heterocycles. The number of fused-ring (bicyclic) bond motifs is 7. The molecule has 460 valence electrons. The lowest BCUT2D eigenvalue weighted by Crippen LogP contribution is -2.61. The zero-order chi connectivity index (χ0) is 65.0. The molecule has 0 saturated heterocycles. The van der Waals surface area contributed by atoms with Crippen molar-refractivity contribution in [3.8, 4) is 84.9 Å². The van der Waals surface area contributed by atoms with E-state index in [9.17, 15) is 4.79 Å². The lowest BCUT2D eigenvalue weighted by Gasteiger charge is -2.44. The summed E-state index contributed by atoms with van der Waals surface area (Å²) in [6.45, 7) is 0.150. The van der Waals surface area contributed by atoms with Crippen molar-refractivity contribution in [2.75, 3.05) is 9.80 Å². The molecule has 2 aliphatic heterocycles. The summed E-state index contributed by atoms with van der Waals surface area (Å²) >= 11 is 0. The molecule has 2 aliphatic rings. The molecule has 13 aromatic carbocycles. The summed E-state index contributed by atoms with van der Waals surface area (Å²) in [6, 6.07) is 115.